The molecule has 124 valence electrons. The van der Waals surface area contributed by atoms with Gasteiger partial charge in [-0.15, -0.1) is 0 Å². The largest absolute Gasteiger partial charge is 0.273 e. The van der Waals surface area contributed by atoms with Gasteiger partial charge in [0, 0.05) is 18.5 Å². The van der Waals surface area contributed by atoms with Crippen LogP contribution in [0, 0.1) is 6.92 Å². The van der Waals surface area contributed by atoms with Gasteiger partial charge in [-0.3, -0.25) is 4.79 Å². The summed E-state index contributed by atoms with van der Waals surface area (Å²) in [6.45, 7) is 3.75. The Hall–Kier alpha value is -2.40. The number of sulfonamides is 1. The maximum absolute atomic E-state index is 12.8. The Bertz CT molecular complexity index is 884. The van der Waals surface area contributed by atoms with E-state index in [1.807, 2.05) is 44.2 Å². The van der Waals surface area contributed by atoms with Crippen molar-refractivity contribution in [3.05, 3.63) is 77.5 Å². The number of amides is 1. The summed E-state index contributed by atoms with van der Waals surface area (Å²) in [6, 6.07) is 16.2. The topological polar surface area (TPSA) is 54.5 Å². The van der Waals surface area contributed by atoms with E-state index in [9.17, 15) is 13.2 Å². The molecule has 0 aliphatic carbocycles. The van der Waals surface area contributed by atoms with E-state index >= 15 is 0 Å². The Kier molecular flexibility index (Phi) is 4.28. The first-order valence-electron chi connectivity index (χ1n) is 7.77. The van der Waals surface area contributed by atoms with Crippen molar-refractivity contribution in [2.24, 2.45) is 0 Å². The first-order chi connectivity index (χ1) is 11.4. The van der Waals surface area contributed by atoms with E-state index in [4.69, 9.17) is 0 Å². The number of carbonyl (C=O) groups is 1. The lowest BCUT2D eigenvalue weighted by Gasteiger charge is -2.29. The summed E-state index contributed by atoms with van der Waals surface area (Å²) in [5.41, 5.74) is 2.85. The monoisotopic (exact) mass is 341 g/mol. The second kappa shape index (κ2) is 6.24. The van der Waals surface area contributed by atoms with E-state index in [1.165, 1.54) is 18.3 Å². The molecular weight excluding hydrogens is 322 g/mol. The minimum absolute atomic E-state index is 0.0804. The summed E-state index contributed by atoms with van der Waals surface area (Å²) in [4.78, 5) is 12.6. The third-order valence-electron chi connectivity index (χ3n) is 4.27. The van der Waals surface area contributed by atoms with Crippen LogP contribution in [0.25, 0.3) is 0 Å². The predicted octanol–water partition coefficient (Wildman–Crippen LogP) is 3.60. The molecule has 5 heteroatoms. The van der Waals surface area contributed by atoms with Crippen LogP contribution in [0.3, 0.4) is 0 Å². The van der Waals surface area contributed by atoms with Crippen molar-refractivity contribution in [2.75, 3.05) is 0 Å². The number of rotatable bonds is 3. The van der Waals surface area contributed by atoms with Crippen LogP contribution in [0.1, 0.15) is 30.4 Å². The van der Waals surface area contributed by atoms with Gasteiger partial charge in [0.2, 0.25) is 5.91 Å². The summed E-state index contributed by atoms with van der Waals surface area (Å²) in [5.74, 6) is -0.488. The van der Waals surface area contributed by atoms with Crippen LogP contribution in [0.5, 0.6) is 0 Å². The Morgan fingerprint density at radius 1 is 0.958 bits per heavy atom. The molecule has 1 atom stereocenters. The van der Waals surface area contributed by atoms with Crippen LogP contribution < -0.4 is 0 Å². The molecule has 1 aliphatic rings. The number of hydrogen-bond donors (Lipinski definition) is 0. The zero-order valence-corrected chi connectivity index (χ0v) is 14.5. The standard InChI is InChI=1S/C19H19NO3S/c1-14-8-10-17(11-9-14)24(22,23)20-13-15(2)18(12-19(20)21)16-6-4-3-5-7-16/h3-11,13,18H,12H2,1-2H3/t18-/m0/s1. The number of hydrogen-bond acceptors (Lipinski definition) is 3. The summed E-state index contributed by atoms with van der Waals surface area (Å²) in [5, 5.41) is 0. The van der Waals surface area contributed by atoms with Crippen molar-refractivity contribution >= 4 is 15.9 Å². The van der Waals surface area contributed by atoms with Gasteiger partial charge in [0.25, 0.3) is 10.0 Å². The molecule has 1 aliphatic heterocycles. The minimum atomic E-state index is -3.86. The average molecular weight is 341 g/mol. The lowest BCUT2D eigenvalue weighted by Crippen LogP contribution is -2.36. The van der Waals surface area contributed by atoms with Gasteiger partial charge in [0.15, 0.2) is 0 Å². The molecule has 0 aromatic heterocycles. The summed E-state index contributed by atoms with van der Waals surface area (Å²) in [7, 11) is -3.86. The first-order valence-corrected chi connectivity index (χ1v) is 9.21. The van der Waals surface area contributed by atoms with Crippen molar-refractivity contribution in [2.45, 2.75) is 31.1 Å². The second-order valence-corrected chi connectivity index (χ2v) is 7.86. The molecule has 1 amide bonds. The van der Waals surface area contributed by atoms with Crippen LogP contribution in [-0.4, -0.2) is 18.6 Å². The first kappa shape index (κ1) is 16.5. The van der Waals surface area contributed by atoms with Crippen molar-refractivity contribution in [1.82, 2.24) is 4.31 Å². The molecule has 2 aromatic rings. The minimum Gasteiger partial charge on any atom is -0.273 e. The smallest absolute Gasteiger partial charge is 0.270 e. The van der Waals surface area contributed by atoms with Gasteiger partial charge < -0.3 is 0 Å². The molecule has 0 radical (unpaired) electrons. The van der Waals surface area contributed by atoms with E-state index in [0.29, 0.717) is 0 Å². The highest BCUT2D eigenvalue weighted by atomic mass is 32.2. The Morgan fingerprint density at radius 3 is 2.21 bits per heavy atom. The van der Waals surface area contributed by atoms with E-state index in [-0.39, 0.29) is 17.2 Å². The fourth-order valence-electron chi connectivity index (χ4n) is 2.87. The van der Waals surface area contributed by atoms with E-state index in [0.717, 1.165) is 21.0 Å². The number of nitrogens with zero attached hydrogens (tertiary/aromatic N) is 1. The third kappa shape index (κ3) is 2.99. The molecule has 0 bridgehead atoms. The molecule has 4 nitrogen and oxygen atoms in total. The van der Waals surface area contributed by atoms with Crippen LogP contribution in [0.2, 0.25) is 0 Å². The molecule has 0 saturated carbocycles. The van der Waals surface area contributed by atoms with Crippen molar-refractivity contribution in [1.29, 1.82) is 0 Å². The zero-order valence-electron chi connectivity index (χ0n) is 13.6. The number of allylic oxidation sites excluding steroid dienone is 1. The molecule has 24 heavy (non-hydrogen) atoms. The molecule has 0 N–H and O–H groups in total. The van der Waals surface area contributed by atoms with E-state index in [1.54, 1.807) is 12.1 Å². The van der Waals surface area contributed by atoms with Crippen molar-refractivity contribution in [3.8, 4) is 0 Å². The fraction of sp³-hybridized carbons (Fsp3) is 0.211. The van der Waals surface area contributed by atoms with Gasteiger partial charge in [-0.1, -0.05) is 48.0 Å². The second-order valence-electron chi connectivity index (χ2n) is 6.05. The van der Waals surface area contributed by atoms with Gasteiger partial charge in [0.05, 0.1) is 4.90 Å². The molecule has 1 heterocycles. The van der Waals surface area contributed by atoms with E-state index in [2.05, 4.69) is 0 Å². The Labute approximate surface area is 142 Å². The van der Waals surface area contributed by atoms with Gasteiger partial charge in [-0.2, -0.15) is 0 Å². The van der Waals surface area contributed by atoms with Gasteiger partial charge >= 0.3 is 0 Å². The lowest BCUT2D eigenvalue weighted by atomic mass is 9.88. The number of carbonyl (C=O) groups excluding carboxylic acids is 1. The number of aryl methyl sites for hydroxylation is 1. The molecule has 0 spiro atoms. The summed E-state index contributed by atoms with van der Waals surface area (Å²) in [6.07, 6.45) is 1.61. The van der Waals surface area contributed by atoms with Gasteiger partial charge in [0.1, 0.15) is 0 Å². The quantitative estimate of drug-likeness (QED) is 0.857. The summed E-state index contributed by atoms with van der Waals surface area (Å²) < 4.78 is 26.4. The Balaban J connectivity index is 1.97. The predicted molar refractivity (Wildman–Crippen MR) is 92.8 cm³/mol. The molecule has 3 rings (SSSR count). The molecule has 0 unspecified atom stereocenters. The maximum Gasteiger partial charge on any atom is 0.270 e. The fourth-order valence-corrected chi connectivity index (χ4v) is 4.22. The maximum atomic E-state index is 12.8. The molecular formula is C19H19NO3S. The third-order valence-corrected chi connectivity index (χ3v) is 5.97. The number of benzene rings is 2. The highest BCUT2D eigenvalue weighted by molar-refractivity contribution is 7.89. The van der Waals surface area contributed by atoms with Crippen LogP contribution in [0.4, 0.5) is 0 Å². The van der Waals surface area contributed by atoms with Crippen LogP contribution in [0.15, 0.2) is 71.3 Å². The normalized spacial score (nSPS) is 18.4. The molecule has 0 saturated heterocycles. The van der Waals surface area contributed by atoms with Crippen molar-refractivity contribution < 1.29 is 13.2 Å². The highest BCUT2D eigenvalue weighted by Gasteiger charge is 2.34. The van der Waals surface area contributed by atoms with Gasteiger partial charge in [-0.25, -0.2) is 12.7 Å². The SMILES string of the molecule is CC1=CN(S(=O)(=O)c2ccc(C)cc2)C(=O)C[C@@H]1c1ccccc1. The zero-order chi connectivity index (χ0) is 17.3. The molecule has 2 aromatic carbocycles. The van der Waals surface area contributed by atoms with Crippen LogP contribution >= 0.6 is 0 Å². The van der Waals surface area contributed by atoms with Crippen LogP contribution in [-0.2, 0) is 14.8 Å². The summed E-state index contributed by atoms with van der Waals surface area (Å²) >= 11 is 0. The van der Waals surface area contributed by atoms with E-state index < -0.39 is 15.9 Å². The molecule has 0 fully saturated rings. The van der Waals surface area contributed by atoms with Crippen molar-refractivity contribution in [3.63, 3.8) is 0 Å². The highest BCUT2D eigenvalue weighted by Crippen LogP contribution is 2.34. The Morgan fingerprint density at radius 2 is 1.58 bits per heavy atom. The van der Waals surface area contributed by atoms with Gasteiger partial charge in [-0.05, 0) is 37.1 Å². The average Bonchev–Trinajstić information content (AvgIpc) is 2.57. The lowest BCUT2D eigenvalue weighted by molar-refractivity contribution is -0.125.